The van der Waals surface area contributed by atoms with E-state index in [1.54, 1.807) is 6.92 Å². The highest BCUT2D eigenvalue weighted by Crippen LogP contribution is 2.38. The minimum atomic E-state index is -0.620. The summed E-state index contributed by atoms with van der Waals surface area (Å²) in [5.74, 6) is -1.47. The van der Waals surface area contributed by atoms with Crippen molar-refractivity contribution in [3.05, 3.63) is 81.7 Å². The van der Waals surface area contributed by atoms with Gasteiger partial charge in [-0.05, 0) is 47.8 Å². The zero-order valence-electron chi connectivity index (χ0n) is 21.6. The Kier molecular flexibility index (Phi) is 8.30. The molecule has 5 rings (SSSR count). The van der Waals surface area contributed by atoms with Crippen LogP contribution in [-0.2, 0) is 29.0 Å². The van der Waals surface area contributed by atoms with Gasteiger partial charge in [0.15, 0.2) is 5.95 Å². The molecule has 0 spiro atoms. The number of carbonyl (C=O) groups excluding carboxylic acids is 2. The van der Waals surface area contributed by atoms with Gasteiger partial charge < -0.3 is 19.7 Å². The molecule has 1 amide bonds. The Morgan fingerprint density at radius 3 is 2.72 bits per heavy atom. The average molecular weight is 565 g/mol. The highest BCUT2D eigenvalue weighted by Gasteiger charge is 2.30. The Hall–Kier alpha value is -3.67. The number of anilines is 1. The molecule has 0 saturated carbocycles. The highest BCUT2D eigenvalue weighted by atomic mass is 32.2. The molecule has 0 unspecified atom stereocenters. The summed E-state index contributed by atoms with van der Waals surface area (Å²) < 4.78 is 11.6. The number of carbonyl (C=O) groups is 2. The molecule has 4 aromatic rings. The average Bonchev–Trinajstić information content (AvgIpc) is 3.47. The van der Waals surface area contributed by atoms with Crippen LogP contribution < -0.4 is 15.1 Å². The number of nitrogens with one attached hydrogen (secondary N) is 1. The Morgan fingerprint density at radius 2 is 1.97 bits per heavy atom. The van der Waals surface area contributed by atoms with Crippen molar-refractivity contribution in [2.45, 2.75) is 38.4 Å². The highest BCUT2D eigenvalue weighted by molar-refractivity contribution is 7.99. The summed E-state index contributed by atoms with van der Waals surface area (Å²) in [7, 11) is 0. The molecule has 0 bridgehead atoms. The largest absolute Gasteiger partial charge is 0.538 e. The molecule has 0 radical (unpaired) electrons. The Morgan fingerprint density at radius 1 is 1.21 bits per heavy atom. The van der Waals surface area contributed by atoms with Crippen molar-refractivity contribution in [3.8, 4) is 11.6 Å². The first kappa shape index (κ1) is 26.9. The molecule has 0 aliphatic carbocycles. The number of aromatic nitrogens is 2. The second kappa shape index (κ2) is 12.0. The topological polar surface area (TPSA) is 112 Å². The summed E-state index contributed by atoms with van der Waals surface area (Å²) in [5, 5.41) is 19.7. The van der Waals surface area contributed by atoms with Gasteiger partial charge in [0.2, 0.25) is 11.6 Å². The van der Waals surface area contributed by atoms with Crippen LogP contribution in [0.2, 0.25) is 0 Å². The van der Waals surface area contributed by atoms with Crippen molar-refractivity contribution < 1.29 is 28.6 Å². The molecule has 1 aliphatic rings. The summed E-state index contributed by atoms with van der Waals surface area (Å²) in [5.41, 5.74) is 4.31. The second-order valence-corrected chi connectivity index (χ2v) is 11.2. The summed E-state index contributed by atoms with van der Waals surface area (Å²) in [4.78, 5) is 29.3. The number of rotatable bonds is 9. The third kappa shape index (κ3) is 6.16. The third-order valence-electron chi connectivity index (χ3n) is 6.31. The lowest BCUT2D eigenvalue weighted by Crippen LogP contribution is -2.35. The quantitative estimate of drug-likeness (QED) is 0.185. The number of fused-ring (bicyclic) bond motifs is 1. The van der Waals surface area contributed by atoms with Gasteiger partial charge in [-0.2, -0.15) is 0 Å². The zero-order valence-corrected chi connectivity index (χ0v) is 23.3. The first-order chi connectivity index (χ1) is 18.9. The van der Waals surface area contributed by atoms with Gasteiger partial charge in [0.05, 0.1) is 23.2 Å². The van der Waals surface area contributed by atoms with E-state index in [4.69, 9.17) is 9.26 Å². The van der Waals surface area contributed by atoms with E-state index < -0.39 is 11.9 Å². The zero-order chi connectivity index (χ0) is 27.4. The van der Waals surface area contributed by atoms with Crippen LogP contribution in [0.1, 0.15) is 38.8 Å². The molecule has 0 atom stereocenters. The van der Waals surface area contributed by atoms with Gasteiger partial charge in [0.1, 0.15) is 5.00 Å². The molecule has 2 aromatic carbocycles. The number of thioether (sulfide) groups is 1. The molecule has 1 aliphatic heterocycles. The molecule has 1 N–H and O–H groups in total. The van der Waals surface area contributed by atoms with Gasteiger partial charge in [0.25, 0.3) is 5.03 Å². The Bertz CT molecular complexity index is 1470. The molecular formula is C28H28N4O5S2. The lowest BCUT2D eigenvalue weighted by Gasteiger charge is -2.27. The maximum Gasteiger partial charge on any atom is 0.341 e. The van der Waals surface area contributed by atoms with E-state index in [1.807, 2.05) is 49.4 Å². The summed E-state index contributed by atoms with van der Waals surface area (Å²) in [6.07, 6.45) is 0.689. The second-order valence-electron chi connectivity index (χ2n) is 9.12. The van der Waals surface area contributed by atoms with E-state index in [2.05, 4.69) is 27.6 Å². The van der Waals surface area contributed by atoms with E-state index >= 15 is 0 Å². The van der Waals surface area contributed by atoms with Crippen molar-refractivity contribution in [2.24, 2.45) is 0 Å². The molecular weight excluding hydrogens is 536 g/mol. The van der Waals surface area contributed by atoms with Crippen molar-refractivity contribution in [1.82, 2.24) is 10.2 Å². The first-order valence-corrected chi connectivity index (χ1v) is 14.4. The molecule has 202 valence electrons. The summed E-state index contributed by atoms with van der Waals surface area (Å²) in [6.45, 7) is 6.25. The number of benzene rings is 2. The number of thiophene rings is 1. The normalized spacial score (nSPS) is 13.2. The van der Waals surface area contributed by atoms with E-state index in [1.165, 1.54) is 21.6 Å². The molecule has 9 nitrogen and oxygen atoms in total. The summed E-state index contributed by atoms with van der Waals surface area (Å²) in [6, 6.07) is 17.7. The van der Waals surface area contributed by atoms with Crippen molar-refractivity contribution in [2.75, 3.05) is 24.2 Å². The van der Waals surface area contributed by atoms with Gasteiger partial charge in [-0.15, -0.1) is 11.3 Å². The van der Waals surface area contributed by atoms with Crippen molar-refractivity contribution in [1.29, 1.82) is 0 Å². The van der Waals surface area contributed by atoms with Crippen molar-refractivity contribution in [3.63, 3.8) is 0 Å². The van der Waals surface area contributed by atoms with Crippen LogP contribution in [-0.4, -0.2) is 41.0 Å². The van der Waals surface area contributed by atoms with Crippen LogP contribution in [0, 0.1) is 6.92 Å². The lowest BCUT2D eigenvalue weighted by molar-refractivity contribution is -0.705. The fourth-order valence-electron chi connectivity index (χ4n) is 4.45. The van der Waals surface area contributed by atoms with Crippen molar-refractivity contribution >= 4 is 40.0 Å². The number of ether oxygens (including phenoxy) is 1. The Balaban J connectivity index is 1.31. The van der Waals surface area contributed by atoms with Gasteiger partial charge in [0, 0.05) is 36.6 Å². The fourth-order valence-corrected chi connectivity index (χ4v) is 6.50. The van der Waals surface area contributed by atoms with Crippen LogP contribution in [0.5, 0.6) is 5.95 Å². The number of hydrogen-bond acceptors (Lipinski definition) is 9. The SMILES string of the molecule is CCOC(=O)c1c(NC(=O)CSc2c([O-])on[n+]2-c2ccc(C)cc2)sc2c1CCN(Cc1ccccc1)C2. The maximum absolute atomic E-state index is 13.0. The number of nitrogens with zero attached hydrogens (tertiary/aromatic N) is 3. The van der Waals surface area contributed by atoms with E-state index in [-0.39, 0.29) is 23.3 Å². The summed E-state index contributed by atoms with van der Waals surface area (Å²) >= 11 is 2.44. The van der Waals surface area contributed by atoms with Crippen LogP contribution >= 0.6 is 23.1 Å². The minimum absolute atomic E-state index is 0.0622. The van der Waals surface area contributed by atoms with Gasteiger partial charge in [-0.1, -0.05) is 48.0 Å². The molecule has 3 heterocycles. The smallest absolute Gasteiger partial charge is 0.341 e. The molecule has 0 fully saturated rings. The monoisotopic (exact) mass is 564 g/mol. The van der Waals surface area contributed by atoms with Gasteiger partial charge in [-0.25, -0.2) is 4.79 Å². The number of aryl methyl sites for hydroxylation is 1. The van der Waals surface area contributed by atoms with Crippen LogP contribution in [0.3, 0.4) is 0 Å². The minimum Gasteiger partial charge on any atom is -0.538 e. The molecule has 11 heteroatoms. The Labute approximate surface area is 234 Å². The van der Waals surface area contributed by atoms with Gasteiger partial charge in [-0.3, -0.25) is 9.69 Å². The predicted octanol–water partition coefficient (Wildman–Crippen LogP) is 3.86. The van der Waals surface area contributed by atoms with E-state index in [9.17, 15) is 14.7 Å². The number of amides is 1. The maximum atomic E-state index is 13.0. The predicted molar refractivity (Wildman–Crippen MR) is 146 cm³/mol. The fraction of sp³-hybridized carbons (Fsp3) is 0.286. The standard InChI is InChI=1S/C28H28N4O5S2/c1-3-36-27(34)24-21-13-14-31(15-19-7-5-4-6-8-19)16-22(21)39-25(24)29-23(33)17-38-26-28(35)37-30-32(26)20-11-9-18(2)10-12-20/h4-12H,3,13-17H2,1-2H3,(H-,29,30,33,34,35). The molecule has 2 aromatic heterocycles. The number of hydrogen-bond donors (Lipinski definition) is 1. The van der Waals surface area contributed by atoms with E-state index in [0.717, 1.165) is 40.9 Å². The third-order valence-corrected chi connectivity index (χ3v) is 8.46. The van der Waals surface area contributed by atoms with Crippen LogP contribution in [0.25, 0.3) is 5.69 Å². The first-order valence-electron chi connectivity index (χ1n) is 12.6. The van der Waals surface area contributed by atoms with Gasteiger partial charge >= 0.3 is 5.97 Å². The van der Waals surface area contributed by atoms with Crippen LogP contribution in [0.4, 0.5) is 5.00 Å². The molecule has 39 heavy (non-hydrogen) atoms. The number of esters is 1. The molecule has 0 saturated heterocycles. The van der Waals surface area contributed by atoms with E-state index in [0.29, 0.717) is 29.2 Å². The van der Waals surface area contributed by atoms with Crippen LogP contribution in [0.15, 0.2) is 64.1 Å². The lowest BCUT2D eigenvalue weighted by atomic mass is 10.0.